The molecule has 0 fully saturated rings. The molecule has 3 N–H and O–H groups in total. The molecule has 2 aromatic heterocycles. The number of H-pyrrole nitrogens is 1. The molecule has 0 radical (unpaired) electrons. The maximum Gasteiger partial charge on any atom is 0.256 e. The summed E-state index contributed by atoms with van der Waals surface area (Å²) in [7, 11) is 0. The lowest BCUT2D eigenvalue weighted by Gasteiger charge is -2.20. The van der Waals surface area contributed by atoms with Gasteiger partial charge in [0, 0.05) is 18.2 Å². The van der Waals surface area contributed by atoms with Crippen LogP contribution in [0.25, 0.3) is 0 Å². The van der Waals surface area contributed by atoms with Crippen LogP contribution < -0.4 is 16.2 Å². The lowest BCUT2D eigenvalue weighted by molar-refractivity contribution is 0.102. The first-order valence-corrected chi connectivity index (χ1v) is 9.42. The van der Waals surface area contributed by atoms with Crippen molar-refractivity contribution in [3.63, 3.8) is 0 Å². The molecule has 0 aliphatic carbocycles. The van der Waals surface area contributed by atoms with Crippen molar-refractivity contribution in [2.24, 2.45) is 0 Å². The Balaban J connectivity index is 1.62. The van der Waals surface area contributed by atoms with Crippen LogP contribution in [0.5, 0.6) is 0 Å². The van der Waals surface area contributed by atoms with Crippen LogP contribution in [0.1, 0.15) is 39.3 Å². The van der Waals surface area contributed by atoms with E-state index in [1.165, 1.54) is 6.07 Å². The maximum absolute atomic E-state index is 13.0. The molecule has 1 amide bonds. The third kappa shape index (κ3) is 3.43. The van der Waals surface area contributed by atoms with Gasteiger partial charge in [-0.05, 0) is 32.3 Å². The van der Waals surface area contributed by atoms with Crippen molar-refractivity contribution in [3.8, 4) is 0 Å². The molecule has 1 aliphatic heterocycles. The van der Waals surface area contributed by atoms with Gasteiger partial charge in [0.05, 0.1) is 29.2 Å². The molecule has 3 heterocycles. The first kappa shape index (κ1) is 18.0. The fourth-order valence-electron chi connectivity index (χ4n) is 3.65. The molecule has 0 spiro atoms. The topological polar surface area (TPSA) is 91.8 Å². The van der Waals surface area contributed by atoms with Gasteiger partial charge >= 0.3 is 0 Å². The van der Waals surface area contributed by atoms with Gasteiger partial charge < -0.3 is 15.6 Å². The number of aryl methyl sites for hydroxylation is 1. The Hall–Kier alpha value is -3.35. The van der Waals surface area contributed by atoms with Crippen LogP contribution in [0.3, 0.4) is 0 Å². The Kier molecular flexibility index (Phi) is 4.73. The summed E-state index contributed by atoms with van der Waals surface area (Å²) in [5.41, 5.74) is 4.45. The van der Waals surface area contributed by atoms with Crippen molar-refractivity contribution in [1.29, 1.82) is 0 Å². The maximum atomic E-state index is 13.0. The molecule has 144 valence electrons. The highest BCUT2D eigenvalue weighted by Crippen LogP contribution is 2.25. The largest absolute Gasteiger partial charge is 0.371 e. The van der Waals surface area contributed by atoms with Crippen LogP contribution >= 0.6 is 0 Å². The van der Waals surface area contributed by atoms with Gasteiger partial charge in [0.25, 0.3) is 5.91 Å². The monoisotopic (exact) mass is 377 g/mol. The molecule has 4 rings (SSSR count). The van der Waals surface area contributed by atoms with Crippen LogP contribution in [0.4, 0.5) is 11.5 Å². The Morgan fingerprint density at radius 3 is 2.82 bits per heavy atom. The summed E-state index contributed by atoms with van der Waals surface area (Å²) in [5, 5.41) is 10.7. The lowest BCUT2D eigenvalue weighted by atomic mass is 10.0. The summed E-state index contributed by atoms with van der Waals surface area (Å²) >= 11 is 0. The summed E-state index contributed by atoms with van der Waals surface area (Å²) < 4.78 is 1.88. The van der Waals surface area contributed by atoms with Gasteiger partial charge in [-0.2, -0.15) is 5.10 Å². The second-order valence-electron chi connectivity index (χ2n) is 7.07. The van der Waals surface area contributed by atoms with Gasteiger partial charge in [-0.15, -0.1) is 0 Å². The first-order chi connectivity index (χ1) is 13.5. The van der Waals surface area contributed by atoms with E-state index in [2.05, 4.69) is 20.7 Å². The van der Waals surface area contributed by atoms with E-state index in [1.807, 2.05) is 48.9 Å². The number of anilines is 2. The number of nitrogens with one attached hydrogen (secondary N) is 3. The number of hydrogen-bond acceptors (Lipinski definition) is 4. The Bertz CT molecular complexity index is 1080. The van der Waals surface area contributed by atoms with Crippen molar-refractivity contribution < 1.29 is 4.79 Å². The predicted octanol–water partition coefficient (Wildman–Crippen LogP) is 2.85. The highest BCUT2D eigenvalue weighted by molar-refractivity contribution is 6.06. The first-order valence-electron chi connectivity index (χ1n) is 9.42. The Morgan fingerprint density at radius 2 is 2.04 bits per heavy atom. The smallest absolute Gasteiger partial charge is 0.256 e. The van der Waals surface area contributed by atoms with Crippen LogP contribution in [-0.4, -0.2) is 27.2 Å². The quantitative estimate of drug-likeness (QED) is 0.652. The fraction of sp³-hybridized carbons (Fsp3) is 0.286. The van der Waals surface area contributed by atoms with Crippen LogP contribution in [-0.2, 0) is 13.0 Å². The number of hydrogen-bond donors (Lipinski definition) is 3. The van der Waals surface area contributed by atoms with Gasteiger partial charge in [0.15, 0.2) is 0 Å². The van der Waals surface area contributed by atoms with Gasteiger partial charge in [-0.3, -0.25) is 14.3 Å². The predicted molar refractivity (Wildman–Crippen MR) is 109 cm³/mol. The molecule has 0 saturated carbocycles. The summed E-state index contributed by atoms with van der Waals surface area (Å²) in [5.74, 6) is 0.369. The molecule has 0 atom stereocenters. The molecule has 28 heavy (non-hydrogen) atoms. The van der Waals surface area contributed by atoms with E-state index in [-0.39, 0.29) is 11.5 Å². The standard InChI is InChI=1S/C21H23N5O2/c1-13-19(14(2)26(25-13)12-15-7-4-3-5-8-15)24-21(28)17-11-18(27)23-20-16(17)9-6-10-22-20/h3-5,7-8,11H,6,9-10,12H2,1-2H3,(H,24,28)(H2,22,23,27). The zero-order chi connectivity index (χ0) is 19.7. The fourth-order valence-corrected chi connectivity index (χ4v) is 3.65. The molecule has 3 aromatic rings. The number of benzene rings is 1. The van der Waals surface area contributed by atoms with Crippen LogP contribution in [0.2, 0.25) is 0 Å². The molecule has 7 heteroatoms. The summed E-state index contributed by atoms with van der Waals surface area (Å²) in [4.78, 5) is 27.7. The molecular weight excluding hydrogens is 354 g/mol. The lowest BCUT2D eigenvalue weighted by Crippen LogP contribution is -2.25. The third-order valence-corrected chi connectivity index (χ3v) is 5.10. The van der Waals surface area contributed by atoms with Gasteiger partial charge in [0.2, 0.25) is 5.56 Å². The van der Waals surface area contributed by atoms with E-state index < -0.39 is 0 Å². The number of aromatic nitrogens is 3. The molecular formula is C21H23N5O2. The summed E-state index contributed by atoms with van der Waals surface area (Å²) in [6, 6.07) is 11.4. The second kappa shape index (κ2) is 7.34. The highest BCUT2D eigenvalue weighted by atomic mass is 16.2. The number of rotatable bonds is 4. The minimum atomic E-state index is -0.286. The highest BCUT2D eigenvalue weighted by Gasteiger charge is 2.21. The van der Waals surface area contributed by atoms with E-state index in [1.54, 1.807) is 0 Å². The van der Waals surface area contributed by atoms with E-state index in [9.17, 15) is 9.59 Å². The van der Waals surface area contributed by atoms with Crippen LogP contribution in [0.15, 0.2) is 41.2 Å². The summed E-state index contributed by atoms with van der Waals surface area (Å²) in [6.07, 6.45) is 1.68. The minimum Gasteiger partial charge on any atom is -0.371 e. The van der Waals surface area contributed by atoms with Gasteiger partial charge in [-0.1, -0.05) is 30.3 Å². The zero-order valence-electron chi connectivity index (χ0n) is 16.0. The molecule has 1 aliphatic rings. The Morgan fingerprint density at radius 1 is 1.25 bits per heavy atom. The average molecular weight is 377 g/mol. The average Bonchev–Trinajstić information content (AvgIpc) is 2.95. The number of carbonyl (C=O) groups excluding carboxylic acids is 1. The number of aromatic amines is 1. The molecule has 7 nitrogen and oxygen atoms in total. The number of fused-ring (bicyclic) bond motifs is 1. The van der Waals surface area contributed by atoms with E-state index >= 15 is 0 Å². The Labute approximate surface area is 162 Å². The van der Waals surface area contributed by atoms with Crippen LogP contribution in [0, 0.1) is 13.8 Å². The summed E-state index contributed by atoms with van der Waals surface area (Å²) in [6.45, 7) is 5.23. The van der Waals surface area contributed by atoms with Gasteiger partial charge in [-0.25, -0.2) is 0 Å². The molecule has 1 aromatic carbocycles. The number of nitrogens with zero attached hydrogens (tertiary/aromatic N) is 2. The van der Waals surface area contributed by atoms with E-state index in [0.29, 0.717) is 23.6 Å². The normalized spacial score (nSPS) is 12.9. The molecule has 0 saturated heterocycles. The van der Waals surface area contributed by atoms with Crippen molar-refractivity contribution in [2.75, 3.05) is 17.2 Å². The molecule has 0 unspecified atom stereocenters. The molecule has 0 bridgehead atoms. The number of amides is 1. The number of pyridine rings is 1. The SMILES string of the molecule is Cc1nn(Cc2ccccc2)c(C)c1NC(=O)c1cc(=O)[nH]c2c1CCCN2. The van der Waals surface area contributed by atoms with Crippen molar-refractivity contribution in [2.45, 2.75) is 33.2 Å². The zero-order valence-corrected chi connectivity index (χ0v) is 16.0. The van der Waals surface area contributed by atoms with Crippen molar-refractivity contribution in [3.05, 3.63) is 74.8 Å². The second-order valence-corrected chi connectivity index (χ2v) is 7.07. The van der Waals surface area contributed by atoms with Crippen molar-refractivity contribution >= 4 is 17.4 Å². The number of carbonyl (C=O) groups is 1. The van der Waals surface area contributed by atoms with Crippen molar-refractivity contribution in [1.82, 2.24) is 14.8 Å². The third-order valence-electron chi connectivity index (χ3n) is 5.10. The van der Waals surface area contributed by atoms with E-state index in [0.717, 1.165) is 41.9 Å². The minimum absolute atomic E-state index is 0.281. The van der Waals surface area contributed by atoms with E-state index in [4.69, 9.17) is 0 Å². The van der Waals surface area contributed by atoms with Gasteiger partial charge in [0.1, 0.15) is 5.82 Å².